The molecule has 78 valence electrons. The van der Waals surface area contributed by atoms with Gasteiger partial charge in [0.15, 0.2) is 0 Å². The average molecular weight is 276 g/mol. The number of carboxylic acids is 1. The van der Waals surface area contributed by atoms with Crippen LogP contribution in [0.4, 0.5) is 8.78 Å². The van der Waals surface area contributed by atoms with Crippen LogP contribution in [0.3, 0.4) is 0 Å². The summed E-state index contributed by atoms with van der Waals surface area (Å²) in [7, 11) is 0. The summed E-state index contributed by atoms with van der Waals surface area (Å²) in [5.41, 5.74) is -1.15. The number of nitrogens with zero attached hydrogens (tertiary/aromatic N) is 1. The van der Waals surface area contributed by atoms with Crippen LogP contribution in [0.25, 0.3) is 0 Å². The van der Waals surface area contributed by atoms with Gasteiger partial charge in [-0.2, -0.15) is 5.26 Å². The van der Waals surface area contributed by atoms with Crippen molar-refractivity contribution in [3.63, 3.8) is 0 Å². The molecular weight excluding hydrogens is 272 g/mol. The Balaban J connectivity index is 3.51. The Morgan fingerprint density at radius 3 is 2.53 bits per heavy atom. The van der Waals surface area contributed by atoms with Crippen LogP contribution >= 0.6 is 15.9 Å². The number of aromatic carboxylic acids is 1. The number of alkyl halides is 2. The fourth-order valence-corrected chi connectivity index (χ4v) is 1.71. The van der Waals surface area contributed by atoms with Crippen LogP contribution in [0.2, 0.25) is 0 Å². The maximum absolute atomic E-state index is 12.5. The lowest BCUT2D eigenvalue weighted by Crippen LogP contribution is -2.04. The van der Waals surface area contributed by atoms with Gasteiger partial charge in [-0.1, -0.05) is 15.9 Å². The van der Waals surface area contributed by atoms with Crippen molar-refractivity contribution in [1.82, 2.24) is 0 Å². The molecule has 3 nitrogen and oxygen atoms in total. The molecule has 0 saturated heterocycles. The standard InChI is InChI=1S/C9H4BrF2NO2/c10-6-2-4(3-13)1-5(9(14)15)7(6)8(11)12/h1-2,8H,(H,14,15). The molecule has 0 heterocycles. The topological polar surface area (TPSA) is 61.1 Å². The average Bonchev–Trinajstić information content (AvgIpc) is 2.15. The van der Waals surface area contributed by atoms with E-state index in [0.717, 1.165) is 12.1 Å². The Bertz CT molecular complexity index is 454. The van der Waals surface area contributed by atoms with Gasteiger partial charge >= 0.3 is 5.97 Å². The van der Waals surface area contributed by atoms with Crippen LogP contribution in [-0.2, 0) is 0 Å². The lowest BCUT2D eigenvalue weighted by atomic mass is 10.0. The highest BCUT2D eigenvalue weighted by molar-refractivity contribution is 9.10. The van der Waals surface area contributed by atoms with Gasteiger partial charge in [0.05, 0.1) is 17.2 Å². The summed E-state index contributed by atoms with van der Waals surface area (Å²) in [5.74, 6) is -1.48. The molecule has 1 N–H and O–H groups in total. The molecular formula is C9H4BrF2NO2. The monoisotopic (exact) mass is 275 g/mol. The zero-order valence-corrected chi connectivity index (χ0v) is 8.75. The lowest BCUT2D eigenvalue weighted by molar-refractivity contribution is 0.0684. The Labute approximate surface area is 92.1 Å². The quantitative estimate of drug-likeness (QED) is 0.903. The fraction of sp³-hybridized carbons (Fsp3) is 0.111. The van der Waals surface area contributed by atoms with Crippen molar-refractivity contribution in [2.24, 2.45) is 0 Å². The second-order valence-electron chi connectivity index (χ2n) is 2.64. The zero-order chi connectivity index (χ0) is 11.6. The van der Waals surface area contributed by atoms with E-state index in [1.165, 1.54) is 0 Å². The molecule has 0 unspecified atom stereocenters. The molecule has 0 spiro atoms. The number of nitriles is 1. The van der Waals surface area contributed by atoms with Gasteiger partial charge in [0.2, 0.25) is 0 Å². The number of rotatable bonds is 2. The molecule has 0 aliphatic rings. The molecule has 0 amide bonds. The van der Waals surface area contributed by atoms with E-state index in [-0.39, 0.29) is 10.0 Å². The van der Waals surface area contributed by atoms with Crippen LogP contribution in [0, 0.1) is 11.3 Å². The molecule has 1 aromatic rings. The van der Waals surface area contributed by atoms with Crippen molar-refractivity contribution in [3.05, 3.63) is 33.3 Å². The minimum Gasteiger partial charge on any atom is -0.478 e. The van der Waals surface area contributed by atoms with Gasteiger partial charge in [0.1, 0.15) is 0 Å². The van der Waals surface area contributed by atoms with Gasteiger partial charge in [-0.25, -0.2) is 13.6 Å². The van der Waals surface area contributed by atoms with Crippen molar-refractivity contribution >= 4 is 21.9 Å². The Morgan fingerprint density at radius 2 is 2.13 bits per heavy atom. The Kier molecular flexibility index (Phi) is 3.37. The fourth-order valence-electron chi connectivity index (χ4n) is 1.08. The normalized spacial score (nSPS) is 10.1. The molecule has 0 fully saturated rings. The maximum Gasteiger partial charge on any atom is 0.336 e. The summed E-state index contributed by atoms with van der Waals surface area (Å²) in [4.78, 5) is 10.7. The highest BCUT2D eigenvalue weighted by atomic mass is 79.9. The first kappa shape index (κ1) is 11.6. The highest BCUT2D eigenvalue weighted by Gasteiger charge is 2.22. The predicted octanol–water partition coefficient (Wildman–Crippen LogP) is 2.96. The minimum atomic E-state index is -2.90. The van der Waals surface area contributed by atoms with Crippen LogP contribution in [0.5, 0.6) is 0 Å². The third-order valence-corrected chi connectivity index (χ3v) is 2.36. The number of carboxylic acid groups (broad SMARTS) is 1. The summed E-state index contributed by atoms with van der Waals surface area (Å²) >= 11 is 2.81. The van der Waals surface area contributed by atoms with E-state index in [9.17, 15) is 13.6 Å². The smallest absolute Gasteiger partial charge is 0.336 e. The van der Waals surface area contributed by atoms with Gasteiger partial charge in [0.25, 0.3) is 6.43 Å². The lowest BCUT2D eigenvalue weighted by Gasteiger charge is -2.07. The van der Waals surface area contributed by atoms with Crippen LogP contribution < -0.4 is 0 Å². The summed E-state index contributed by atoms with van der Waals surface area (Å²) in [6.45, 7) is 0. The van der Waals surface area contributed by atoms with Gasteiger partial charge in [-0.15, -0.1) is 0 Å². The first-order valence-electron chi connectivity index (χ1n) is 3.72. The van der Waals surface area contributed by atoms with Gasteiger partial charge < -0.3 is 5.11 Å². The largest absolute Gasteiger partial charge is 0.478 e. The zero-order valence-electron chi connectivity index (χ0n) is 7.17. The molecule has 0 radical (unpaired) electrons. The van der Waals surface area contributed by atoms with Crippen molar-refractivity contribution < 1.29 is 18.7 Å². The number of halogens is 3. The number of benzene rings is 1. The number of carbonyl (C=O) groups is 1. The van der Waals surface area contributed by atoms with Crippen molar-refractivity contribution in [1.29, 1.82) is 5.26 Å². The molecule has 0 atom stereocenters. The van der Waals surface area contributed by atoms with Crippen LogP contribution in [0.1, 0.15) is 27.9 Å². The number of hydrogen-bond donors (Lipinski definition) is 1. The van der Waals surface area contributed by atoms with Crippen LogP contribution in [0.15, 0.2) is 16.6 Å². The summed E-state index contributed by atoms with van der Waals surface area (Å²) in [5, 5.41) is 17.2. The summed E-state index contributed by atoms with van der Waals surface area (Å²) < 4.78 is 24.9. The molecule has 6 heteroatoms. The molecule has 0 saturated carbocycles. The van der Waals surface area contributed by atoms with Crippen molar-refractivity contribution in [2.75, 3.05) is 0 Å². The first-order chi connectivity index (χ1) is 6.97. The van der Waals surface area contributed by atoms with Crippen LogP contribution in [-0.4, -0.2) is 11.1 Å². The molecule has 1 rings (SSSR count). The molecule has 0 aromatic heterocycles. The van der Waals surface area contributed by atoms with E-state index < -0.39 is 23.5 Å². The molecule has 0 bridgehead atoms. The van der Waals surface area contributed by atoms with Gasteiger partial charge in [-0.3, -0.25) is 0 Å². The van der Waals surface area contributed by atoms with E-state index in [1.807, 2.05) is 0 Å². The van der Waals surface area contributed by atoms with E-state index in [1.54, 1.807) is 6.07 Å². The minimum absolute atomic E-state index is 0.0173. The van der Waals surface area contributed by atoms with E-state index in [0.29, 0.717) is 0 Å². The third-order valence-electron chi connectivity index (χ3n) is 1.71. The van der Waals surface area contributed by atoms with Gasteiger partial charge in [-0.05, 0) is 12.1 Å². The van der Waals surface area contributed by atoms with Crippen molar-refractivity contribution in [2.45, 2.75) is 6.43 Å². The Morgan fingerprint density at radius 1 is 1.53 bits per heavy atom. The van der Waals surface area contributed by atoms with E-state index in [4.69, 9.17) is 10.4 Å². The maximum atomic E-state index is 12.5. The second-order valence-corrected chi connectivity index (χ2v) is 3.49. The van der Waals surface area contributed by atoms with E-state index >= 15 is 0 Å². The summed E-state index contributed by atoms with van der Waals surface area (Å²) in [6.07, 6.45) is -2.90. The second kappa shape index (κ2) is 4.36. The molecule has 15 heavy (non-hydrogen) atoms. The highest BCUT2D eigenvalue weighted by Crippen LogP contribution is 2.31. The van der Waals surface area contributed by atoms with Crippen molar-refractivity contribution in [3.8, 4) is 6.07 Å². The third kappa shape index (κ3) is 2.30. The van der Waals surface area contributed by atoms with Gasteiger partial charge in [0, 0.05) is 10.0 Å². The molecule has 0 aliphatic carbocycles. The number of hydrogen-bond acceptors (Lipinski definition) is 2. The predicted molar refractivity (Wildman–Crippen MR) is 50.8 cm³/mol. The first-order valence-corrected chi connectivity index (χ1v) is 4.51. The van der Waals surface area contributed by atoms with E-state index in [2.05, 4.69) is 15.9 Å². The molecule has 1 aromatic carbocycles. The summed E-state index contributed by atoms with van der Waals surface area (Å²) in [6, 6.07) is 3.78. The molecule has 0 aliphatic heterocycles. The SMILES string of the molecule is N#Cc1cc(Br)c(C(F)F)c(C(=O)O)c1. The Hall–Kier alpha value is -1.48.